The number of rotatable bonds is 6. The van der Waals surface area contributed by atoms with Crippen molar-refractivity contribution in [2.45, 2.75) is 19.8 Å². The predicted octanol–water partition coefficient (Wildman–Crippen LogP) is -1.24. The average molecular weight is 215 g/mol. The summed E-state index contributed by atoms with van der Waals surface area (Å²) in [7, 11) is 1.54. The van der Waals surface area contributed by atoms with Gasteiger partial charge in [0.25, 0.3) is 0 Å². The summed E-state index contributed by atoms with van der Waals surface area (Å²) in [6, 6.07) is 0. The molecule has 0 unspecified atom stereocenters. The molecule has 6 nitrogen and oxygen atoms in total. The van der Waals surface area contributed by atoms with Gasteiger partial charge in [0.2, 0.25) is 17.7 Å². The summed E-state index contributed by atoms with van der Waals surface area (Å²) in [5.41, 5.74) is 0. The Hall–Kier alpha value is -1.59. The molecule has 0 bridgehead atoms. The van der Waals surface area contributed by atoms with Gasteiger partial charge < -0.3 is 16.0 Å². The van der Waals surface area contributed by atoms with E-state index in [1.54, 1.807) is 7.05 Å². The molecule has 3 amide bonds. The molecule has 0 aromatic carbocycles. The van der Waals surface area contributed by atoms with Crippen molar-refractivity contribution in [2.75, 3.05) is 20.1 Å². The summed E-state index contributed by atoms with van der Waals surface area (Å²) in [5.74, 6) is -0.446. The summed E-state index contributed by atoms with van der Waals surface area (Å²) < 4.78 is 0. The molecule has 0 saturated carbocycles. The van der Waals surface area contributed by atoms with Crippen molar-refractivity contribution < 1.29 is 14.4 Å². The molecule has 0 aliphatic carbocycles. The van der Waals surface area contributed by atoms with E-state index in [-0.39, 0.29) is 30.6 Å². The molecule has 6 heteroatoms. The van der Waals surface area contributed by atoms with Crippen LogP contribution in [-0.2, 0) is 14.4 Å². The van der Waals surface area contributed by atoms with Crippen molar-refractivity contribution in [3.63, 3.8) is 0 Å². The molecule has 0 radical (unpaired) electrons. The minimum absolute atomic E-state index is 0.114. The highest BCUT2D eigenvalue weighted by molar-refractivity contribution is 5.79. The van der Waals surface area contributed by atoms with Gasteiger partial charge in [-0.25, -0.2) is 0 Å². The lowest BCUT2D eigenvalue weighted by atomic mass is 10.3. The second-order valence-corrected chi connectivity index (χ2v) is 3.01. The summed E-state index contributed by atoms with van der Waals surface area (Å²) in [6.07, 6.45) is 0.496. The van der Waals surface area contributed by atoms with Crippen LogP contribution in [0.5, 0.6) is 0 Å². The third-order valence-electron chi connectivity index (χ3n) is 1.68. The van der Waals surface area contributed by atoms with E-state index in [0.29, 0.717) is 13.1 Å². The van der Waals surface area contributed by atoms with Crippen molar-refractivity contribution in [1.82, 2.24) is 16.0 Å². The monoisotopic (exact) mass is 215 g/mol. The first-order valence-corrected chi connectivity index (χ1v) is 4.78. The van der Waals surface area contributed by atoms with Crippen molar-refractivity contribution >= 4 is 17.7 Å². The van der Waals surface area contributed by atoms with Crippen molar-refractivity contribution in [2.24, 2.45) is 0 Å². The number of hydrogen-bond donors (Lipinski definition) is 3. The maximum Gasteiger partial charge on any atom is 0.221 e. The molecule has 0 fully saturated rings. The van der Waals surface area contributed by atoms with Crippen LogP contribution in [0.25, 0.3) is 0 Å². The molecule has 0 aliphatic heterocycles. The zero-order chi connectivity index (χ0) is 11.7. The molecule has 0 heterocycles. The summed E-state index contributed by atoms with van der Waals surface area (Å²) in [6.45, 7) is 2.03. The van der Waals surface area contributed by atoms with Crippen LogP contribution in [0, 0.1) is 0 Å². The van der Waals surface area contributed by atoms with Gasteiger partial charge in [-0.15, -0.1) is 0 Å². The van der Waals surface area contributed by atoms with E-state index >= 15 is 0 Å². The number of amides is 3. The van der Waals surface area contributed by atoms with Gasteiger partial charge in [-0.05, 0) is 0 Å². The minimum Gasteiger partial charge on any atom is -0.359 e. The van der Waals surface area contributed by atoms with Gasteiger partial charge in [-0.3, -0.25) is 14.4 Å². The Kier molecular flexibility index (Phi) is 6.96. The third-order valence-corrected chi connectivity index (χ3v) is 1.68. The zero-order valence-corrected chi connectivity index (χ0v) is 9.05. The molecule has 0 aliphatic rings. The molecule has 86 valence electrons. The van der Waals surface area contributed by atoms with E-state index in [1.165, 1.54) is 6.92 Å². The standard InChI is InChI=1S/C9H17N3O3/c1-7(13)11-5-4-9(15)12-6-3-8(14)10-2/h3-6H2,1-2H3,(H,10,14)(H,11,13)(H,12,15). The zero-order valence-electron chi connectivity index (χ0n) is 9.05. The Morgan fingerprint density at radius 1 is 0.933 bits per heavy atom. The molecule has 0 aromatic rings. The first-order valence-electron chi connectivity index (χ1n) is 4.78. The number of hydrogen-bond acceptors (Lipinski definition) is 3. The fourth-order valence-electron chi connectivity index (χ4n) is 0.881. The van der Waals surface area contributed by atoms with Crippen molar-refractivity contribution in [3.8, 4) is 0 Å². The average Bonchev–Trinajstić information content (AvgIpc) is 2.17. The number of carbonyl (C=O) groups is 3. The second-order valence-electron chi connectivity index (χ2n) is 3.01. The number of nitrogens with one attached hydrogen (secondary N) is 3. The lowest BCUT2D eigenvalue weighted by Gasteiger charge is -2.04. The van der Waals surface area contributed by atoms with Gasteiger partial charge in [0.05, 0.1) is 0 Å². The molecule has 3 N–H and O–H groups in total. The normalized spacial score (nSPS) is 9.20. The molecule has 0 spiro atoms. The highest BCUT2D eigenvalue weighted by atomic mass is 16.2. The Morgan fingerprint density at radius 2 is 1.47 bits per heavy atom. The Balaban J connectivity index is 3.41. The number of carbonyl (C=O) groups excluding carboxylic acids is 3. The van der Waals surface area contributed by atoms with Crippen LogP contribution in [0.15, 0.2) is 0 Å². The maximum absolute atomic E-state index is 11.1. The summed E-state index contributed by atoms with van der Waals surface area (Å²) >= 11 is 0. The van der Waals surface area contributed by atoms with Gasteiger partial charge in [0.15, 0.2) is 0 Å². The largest absolute Gasteiger partial charge is 0.359 e. The molecule has 0 saturated heterocycles. The van der Waals surface area contributed by atoms with Crippen LogP contribution in [0.3, 0.4) is 0 Å². The van der Waals surface area contributed by atoms with Crippen LogP contribution >= 0.6 is 0 Å². The highest BCUT2D eigenvalue weighted by Gasteiger charge is 2.02. The van der Waals surface area contributed by atoms with Crippen molar-refractivity contribution in [3.05, 3.63) is 0 Å². The van der Waals surface area contributed by atoms with Crippen molar-refractivity contribution in [1.29, 1.82) is 0 Å². The van der Waals surface area contributed by atoms with Crippen LogP contribution in [0.2, 0.25) is 0 Å². The third kappa shape index (κ3) is 8.73. The lowest BCUT2D eigenvalue weighted by Crippen LogP contribution is -2.32. The SMILES string of the molecule is CNC(=O)CCNC(=O)CCNC(C)=O. The van der Waals surface area contributed by atoms with E-state index < -0.39 is 0 Å². The predicted molar refractivity (Wildman–Crippen MR) is 55.0 cm³/mol. The maximum atomic E-state index is 11.1. The summed E-state index contributed by atoms with van der Waals surface area (Å²) in [4.78, 5) is 32.3. The lowest BCUT2D eigenvalue weighted by molar-refractivity contribution is -0.122. The van der Waals surface area contributed by atoms with Crippen LogP contribution in [0.1, 0.15) is 19.8 Å². The second kappa shape index (κ2) is 7.78. The van der Waals surface area contributed by atoms with Gasteiger partial charge in [0.1, 0.15) is 0 Å². The van der Waals surface area contributed by atoms with Crippen LogP contribution in [0.4, 0.5) is 0 Å². The van der Waals surface area contributed by atoms with E-state index in [4.69, 9.17) is 0 Å². The Morgan fingerprint density at radius 3 is 2.00 bits per heavy atom. The topological polar surface area (TPSA) is 87.3 Å². The first kappa shape index (κ1) is 13.4. The fraction of sp³-hybridized carbons (Fsp3) is 0.667. The molecular formula is C9H17N3O3. The molecular weight excluding hydrogens is 198 g/mol. The quantitative estimate of drug-likeness (QED) is 0.518. The summed E-state index contributed by atoms with van der Waals surface area (Å²) in [5, 5.41) is 7.53. The van der Waals surface area contributed by atoms with Crippen LogP contribution < -0.4 is 16.0 Å². The van der Waals surface area contributed by atoms with Gasteiger partial charge in [0, 0.05) is 39.9 Å². The van der Waals surface area contributed by atoms with Gasteiger partial charge in [-0.2, -0.15) is 0 Å². The molecule has 15 heavy (non-hydrogen) atoms. The van der Waals surface area contributed by atoms with Crippen LogP contribution in [-0.4, -0.2) is 37.9 Å². The first-order chi connectivity index (χ1) is 7.06. The van der Waals surface area contributed by atoms with E-state index in [0.717, 1.165) is 0 Å². The van der Waals surface area contributed by atoms with Gasteiger partial charge in [-0.1, -0.05) is 0 Å². The fourth-order valence-corrected chi connectivity index (χ4v) is 0.881. The van der Waals surface area contributed by atoms with E-state index in [9.17, 15) is 14.4 Å². The smallest absolute Gasteiger partial charge is 0.221 e. The van der Waals surface area contributed by atoms with E-state index in [2.05, 4.69) is 16.0 Å². The Labute approximate surface area is 88.8 Å². The molecule has 0 atom stereocenters. The Bertz CT molecular complexity index is 241. The highest BCUT2D eigenvalue weighted by Crippen LogP contribution is 1.80. The minimum atomic E-state index is -0.173. The van der Waals surface area contributed by atoms with E-state index in [1.807, 2.05) is 0 Å². The molecule has 0 aromatic heterocycles. The molecule has 0 rings (SSSR count). The van der Waals surface area contributed by atoms with Gasteiger partial charge >= 0.3 is 0 Å².